The van der Waals surface area contributed by atoms with Crippen LogP contribution in [0.3, 0.4) is 0 Å². The minimum absolute atomic E-state index is 0.283. The first-order valence-corrected chi connectivity index (χ1v) is 6.24. The molecule has 3 N–H and O–H groups in total. The summed E-state index contributed by atoms with van der Waals surface area (Å²) in [7, 11) is 0. The molecule has 0 aliphatic carbocycles. The molecule has 1 aromatic carbocycles. The Balaban J connectivity index is 1.91. The minimum atomic E-state index is -0.535. The van der Waals surface area contributed by atoms with E-state index >= 15 is 0 Å². The van der Waals surface area contributed by atoms with Gasteiger partial charge in [-0.1, -0.05) is 26.0 Å². The van der Waals surface area contributed by atoms with E-state index in [1.807, 2.05) is 26.0 Å². The van der Waals surface area contributed by atoms with Crippen molar-refractivity contribution in [2.45, 2.75) is 26.0 Å². The molecule has 2 rings (SSSR count). The number of carbonyl (C=O) groups excluding carboxylic acids is 1. The van der Waals surface area contributed by atoms with Gasteiger partial charge in [0.05, 0.1) is 5.60 Å². The van der Waals surface area contributed by atoms with Crippen LogP contribution in [0.2, 0.25) is 0 Å². The number of primary amides is 1. The highest BCUT2D eigenvalue weighted by Crippen LogP contribution is 2.29. The van der Waals surface area contributed by atoms with Gasteiger partial charge in [-0.3, -0.25) is 9.69 Å². The average Bonchev–Trinajstić information content (AvgIpc) is 2.27. The second-order valence-corrected chi connectivity index (χ2v) is 5.46. The summed E-state index contributed by atoms with van der Waals surface area (Å²) in [5.41, 5.74) is 6.31. The molecule has 1 aliphatic heterocycles. The fourth-order valence-electron chi connectivity index (χ4n) is 2.24. The van der Waals surface area contributed by atoms with Crippen molar-refractivity contribution in [3.05, 3.63) is 35.4 Å². The van der Waals surface area contributed by atoms with Crippen molar-refractivity contribution in [2.75, 3.05) is 13.1 Å². The van der Waals surface area contributed by atoms with Crippen molar-refractivity contribution in [3.8, 4) is 0 Å². The van der Waals surface area contributed by atoms with Gasteiger partial charge >= 0.3 is 0 Å². The topological polar surface area (TPSA) is 66.6 Å². The number of nitrogens with zero attached hydrogens (tertiary/aromatic N) is 1. The van der Waals surface area contributed by atoms with Gasteiger partial charge in [-0.15, -0.1) is 0 Å². The summed E-state index contributed by atoms with van der Waals surface area (Å²) < 4.78 is 0. The molecule has 0 bridgehead atoms. The summed E-state index contributed by atoms with van der Waals surface area (Å²) in [5, 5.41) is 10.1. The van der Waals surface area contributed by atoms with Crippen LogP contribution in [0.15, 0.2) is 24.3 Å². The Bertz CT molecular complexity index is 434. The highest BCUT2D eigenvalue weighted by Gasteiger charge is 2.43. The van der Waals surface area contributed by atoms with E-state index < -0.39 is 11.5 Å². The molecule has 1 amide bonds. The summed E-state index contributed by atoms with van der Waals surface area (Å²) in [5.74, 6) is -0.120. The van der Waals surface area contributed by atoms with Crippen LogP contribution in [-0.4, -0.2) is 34.6 Å². The number of benzene rings is 1. The Morgan fingerprint density at radius 2 is 1.94 bits per heavy atom. The van der Waals surface area contributed by atoms with E-state index in [0.717, 1.165) is 12.1 Å². The van der Waals surface area contributed by atoms with Crippen LogP contribution < -0.4 is 5.73 Å². The number of β-amino-alcohol motifs (C(OH)–C–C–N with tert-alkyl or cyclic N) is 1. The first-order chi connectivity index (χ1) is 8.40. The van der Waals surface area contributed by atoms with Gasteiger partial charge in [0.1, 0.15) is 0 Å². The van der Waals surface area contributed by atoms with Crippen molar-refractivity contribution in [3.63, 3.8) is 0 Å². The monoisotopic (exact) mass is 248 g/mol. The Hall–Kier alpha value is -1.39. The predicted molar refractivity (Wildman–Crippen MR) is 70.0 cm³/mol. The quantitative estimate of drug-likeness (QED) is 0.835. The number of nitrogens with two attached hydrogens (primary N) is 1. The second-order valence-electron chi connectivity index (χ2n) is 5.46. The number of rotatable bonds is 4. The molecule has 0 unspecified atom stereocenters. The molecule has 1 aliphatic rings. The first kappa shape index (κ1) is 13.1. The highest BCUT2D eigenvalue weighted by atomic mass is 16.3. The molecule has 1 fully saturated rings. The third-order valence-electron chi connectivity index (χ3n) is 3.71. The molecule has 0 radical (unpaired) electrons. The van der Waals surface area contributed by atoms with Crippen LogP contribution in [0.25, 0.3) is 0 Å². The van der Waals surface area contributed by atoms with E-state index in [9.17, 15) is 9.90 Å². The van der Waals surface area contributed by atoms with Crippen molar-refractivity contribution in [1.82, 2.24) is 4.90 Å². The van der Waals surface area contributed by atoms with E-state index in [0.29, 0.717) is 18.7 Å². The van der Waals surface area contributed by atoms with Crippen LogP contribution in [-0.2, 0) is 6.54 Å². The van der Waals surface area contributed by atoms with Crippen LogP contribution >= 0.6 is 0 Å². The molecule has 98 valence electrons. The third kappa shape index (κ3) is 2.54. The Morgan fingerprint density at radius 3 is 2.39 bits per heavy atom. The number of hydrogen-bond acceptors (Lipinski definition) is 3. The lowest BCUT2D eigenvalue weighted by Crippen LogP contribution is -2.63. The van der Waals surface area contributed by atoms with Crippen LogP contribution in [0.1, 0.15) is 29.8 Å². The van der Waals surface area contributed by atoms with Gasteiger partial charge < -0.3 is 10.8 Å². The van der Waals surface area contributed by atoms with E-state index in [1.54, 1.807) is 12.1 Å². The summed E-state index contributed by atoms with van der Waals surface area (Å²) in [6.45, 7) is 6.30. The van der Waals surface area contributed by atoms with Crippen LogP contribution in [0.5, 0.6) is 0 Å². The van der Waals surface area contributed by atoms with Crippen molar-refractivity contribution in [2.24, 2.45) is 11.7 Å². The smallest absolute Gasteiger partial charge is 0.248 e. The molecule has 0 aromatic heterocycles. The number of likely N-dealkylation sites (tertiary alicyclic amines) is 1. The SMILES string of the molecule is CC(C)C1(O)CN(Cc2ccc(C(N)=O)cc2)C1. The van der Waals surface area contributed by atoms with Gasteiger partial charge in [0, 0.05) is 25.2 Å². The molecule has 0 saturated carbocycles. The van der Waals surface area contributed by atoms with E-state index in [-0.39, 0.29) is 5.92 Å². The fourth-order valence-corrected chi connectivity index (χ4v) is 2.24. The molecule has 18 heavy (non-hydrogen) atoms. The van der Waals surface area contributed by atoms with Crippen molar-refractivity contribution < 1.29 is 9.90 Å². The maximum Gasteiger partial charge on any atom is 0.248 e. The van der Waals surface area contributed by atoms with Gasteiger partial charge in [0.2, 0.25) is 5.91 Å². The zero-order chi connectivity index (χ0) is 13.3. The zero-order valence-corrected chi connectivity index (χ0v) is 10.9. The van der Waals surface area contributed by atoms with Crippen LogP contribution in [0, 0.1) is 5.92 Å². The lowest BCUT2D eigenvalue weighted by molar-refractivity contribution is -0.130. The van der Waals surface area contributed by atoms with Gasteiger partial charge in [0.15, 0.2) is 0 Å². The molecular formula is C14H20N2O2. The summed E-state index contributed by atoms with van der Waals surface area (Å²) >= 11 is 0. The van der Waals surface area contributed by atoms with E-state index in [2.05, 4.69) is 4.90 Å². The summed E-state index contributed by atoms with van der Waals surface area (Å²) in [6, 6.07) is 7.30. The molecule has 4 heteroatoms. The maximum absolute atomic E-state index is 10.9. The zero-order valence-electron chi connectivity index (χ0n) is 10.9. The lowest BCUT2D eigenvalue weighted by Gasteiger charge is -2.49. The fraction of sp³-hybridized carbons (Fsp3) is 0.500. The number of hydrogen-bond donors (Lipinski definition) is 2. The molecular weight excluding hydrogens is 228 g/mol. The van der Waals surface area contributed by atoms with Gasteiger partial charge in [-0.05, 0) is 23.6 Å². The normalized spacial score (nSPS) is 18.7. The van der Waals surface area contributed by atoms with E-state index in [1.165, 1.54) is 0 Å². The molecule has 1 saturated heterocycles. The Labute approximate surface area is 107 Å². The largest absolute Gasteiger partial charge is 0.387 e. The molecule has 1 aromatic rings. The van der Waals surface area contributed by atoms with E-state index in [4.69, 9.17) is 5.73 Å². The standard InChI is InChI=1S/C14H20N2O2/c1-10(2)14(18)8-16(9-14)7-11-3-5-12(6-4-11)13(15)17/h3-6,10,18H,7-9H2,1-2H3,(H2,15,17). The predicted octanol–water partition coefficient (Wildman–Crippen LogP) is 0.988. The first-order valence-electron chi connectivity index (χ1n) is 6.24. The second kappa shape index (κ2) is 4.71. The Morgan fingerprint density at radius 1 is 1.39 bits per heavy atom. The average molecular weight is 248 g/mol. The highest BCUT2D eigenvalue weighted by molar-refractivity contribution is 5.92. The van der Waals surface area contributed by atoms with Gasteiger partial charge in [-0.2, -0.15) is 0 Å². The molecule has 0 spiro atoms. The third-order valence-corrected chi connectivity index (χ3v) is 3.71. The molecule has 0 atom stereocenters. The summed E-state index contributed by atoms with van der Waals surface area (Å²) in [4.78, 5) is 13.1. The van der Waals surface area contributed by atoms with Crippen LogP contribution in [0.4, 0.5) is 0 Å². The molecule has 4 nitrogen and oxygen atoms in total. The number of amides is 1. The number of carbonyl (C=O) groups is 1. The summed E-state index contributed by atoms with van der Waals surface area (Å²) in [6.07, 6.45) is 0. The molecule has 1 heterocycles. The van der Waals surface area contributed by atoms with Crippen molar-refractivity contribution >= 4 is 5.91 Å². The number of aliphatic hydroxyl groups is 1. The maximum atomic E-state index is 10.9. The lowest BCUT2D eigenvalue weighted by atomic mass is 9.83. The Kier molecular flexibility index (Phi) is 3.41. The van der Waals surface area contributed by atoms with Crippen molar-refractivity contribution in [1.29, 1.82) is 0 Å². The minimum Gasteiger partial charge on any atom is -0.387 e. The van der Waals surface area contributed by atoms with Gasteiger partial charge in [-0.25, -0.2) is 0 Å². The van der Waals surface area contributed by atoms with Gasteiger partial charge in [0.25, 0.3) is 0 Å².